The lowest BCUT2D eigenvalue weighted by molar-refractivity contribution is -0.849. The van der Waals surface area contributed by atoms with Gasteiger partial charge in [0.15, 0.2) is 0 Å². The topological polar surface area (TPSA) is 52.5 Å². The fourth-order valence-corrected chi connectivity index (χ4v) is 4.16. The molecule has 0 aliphatic heterocycles. The van der Waals surface area contributed by atoms with Gasteiger partial charge in [0.05, 0.1) is 28.2 Å². The molecule has 0 spiro atoms. The minimum absolute atomic E-state index is 0.142. The number of hydrogen-bond donors (Lipinski definition) is 1. The van der Waals surface area contributed by atoms with Crippen LogP contribution in [0.2, 0.25) is 0 Å². The highest BCUT2D eigenvalue weighted by Crippen LogP contribution is 2.50. The molecule has 0 saturated heterocycles. The Morgan fingerprint density at radius 1 is 0.833 bits per heavy atom. The van der Waals surface area contributed by atoms with Crippen LogP contribution in [0.25, 0.3) is 0 Å². The number of halogens is 3. The molecular weight excluding hydrogens is 466 g/mol. The summed E-state index contributed by atoms with van der Waals surface area (Å²) in [6.07, 6.45) is 1.55. The van der Waals surface area contributed by atoms with Crippen LogP contribution in [-0.4, -0.2) is 45.0 Å². The molecule has 0 aliphatic carbocycles. The summed E-state index contributed by atoms with van der Waals surface area (Å²) in [5.74, 6) is -3.11. The predicted octanol–water partition coefficient (Wildman–Crippen LogP) is 5.00. The summed E-state index contributed by atoms with van der Waals surface area (Å²) >= 11 is 0. The Labute approximate surface area is 212 Å². The largest absolute Gasteiger partial charge is 0.832 e. The number of hydrogen-bond acceptors (Lipinski definition) is 3. The highest BCUT2D eigenvalue weighted by atomic mass is 19.1. The quantitative estimate of drug-likeness (QED) is 0.332. The second kappa shape index (κ2) is 13.1. The molecule has 0 heterocycles. The van der Waals surface area contributed by atoms with Crippen LogP contribution in [0.1, 0.15) is 48.8 Å². The molecule has 1 atom stereocenters. The smallest absolute Gasteiger partial charge is 0.343 e. The molecule has 0 aliphatic rings. The molecule has 3 aromatic carbocycles. The summed E-state index contributed by atoms with van der Waals surface area (Å²) < 4.78 is 51.8. The van der Waals surface area contributed by atoms with Crippen molar-refractivity contribution in [1.29, 1.82) is 0 Å². The average molecular weight is 501 g/mol. The molecule has 0 fully saturated rings. The summed E-state index contributed by atoms with van der Waals surface area (Å²) in [5.41, 5.74) is -2.27. The Bertz CT molecular complexity index is 1050. The van der Waals surface area contributed by atoms with Gasteiger partial charge in [-0.3, -0.25) is 0 Å². The van der Waals surface area contributed by atoms with Crippen molar-refractivity contribution < 1.29 is 32.4 Å². The monoisotopic (exact) mass is 501 g/mol. The van der Waals surface area contributed by atoms with Crippen LogP contribution < -0.4 is 5.02 Å². The third-order valence-electron chi connectivity index (χ3n) is 5.45. The van der Waals surface area contributed by atoms with Gasteiger partial charge >= 0.3 is 7.32 Å². The summed E-state index contributed by atoms with van der Waals surface area (Å²) in [5, 5.41) is 21.8. The van der Waals surface area contributed by atoms with Crippen molar-refractivity contribution in [1.82, 2.24) is 0 Å². The molecule has 0 amide bonds. The third kappa shape index (κ3) is 7.67. The van der Waals surface area contributed by atoms with Crippen LogP contribution in [0.3, 0.4) is 0 Å². The molecule has 1 unspecified atom stereocenters. The van der Waals surface area contributed by atoms with Crippen molar-refractivity contribution >= 4 is 7.32 Å². The Balaban J connectivity index is 0.000000830. The number of rotatable bonds is 9. The van der Waals surface area contributed by atoms with Gasteiger partial charge < -0.3 is 19.2 Å². The number of benzene rings is 3. The minimum atomic E-state index is -2.62. The lowest BCUT2D eigenvalue weighted by atomic mass is 9.69. The average Bonchev–Trinajstić information content (AvgIpc) is 2.79. The molecule has 194 valence electrons. The lowest BCUT2D eigenvalue weighted by Gasteiger charge is -2.45. The summed E-state index contributed by atoms with van der Waals surface area (Å²) in [6.45, 7) is 1.93. The van der Waals surface area contributed by atoms with Gasteiger partial charge in [0.25, 0.3) is 0 Å². The molecule has 3 aromatic rings. The van der Waals surface area contributed by atoms with Gasteiger partial charge in [-0.25, -0.2) is 13.2 Å². The SMILES string of the molecule is CCCCC(c1ccccc1F)C(OB([O-])O)(c1ccccc1F)c1ccccc1F.C[N+](C)(C)C. The minimum Gasteiger partial charge on any atom is -0.832 e. The Kier molecular flexibility index (Phi) is 10.7. The van der Waals surface area contributed by atoms with Crippen LogP contribution in [0.5, 0.6) is 0 Å². The van der Waals surface area contributed by atoms with E-state index in [1.807, 2.05) is 6.92 Å². The van der Waals surface area contributed by atoms with Crippen molar-refractivity contribution in [3.63, 3.8) is 0 Å². The summed E-state index contributed by atoms with van der Waals surface area (Å²) in [6, 6.07) is 16.8. The molecule has 1 N–H and O–H groups in total. The maximum Gasteiger partial charge on any atom is 0.343 e. The van der Waals surface area contributed by atoms with E-state index in [-0.39, 0.29) is 23.1 Å². The standard InChI is InChI=1S/C24H23BF3O3.C4H12N/c1-2-3-11-18(17-10-4-7-14-21(17)26)24(31-25(29)30,19-12-5-8-15-22(19)27)20-13-6-9-16-23(20)28;1-5(2,3)4/h4-10,12-16,18,29H,2-3,11H2,1H3;1-4H3/q-1;+1. The van der Waals surface area contributed by atoms with E-state index in [4.69, 9.17) is 4.65 Å². The van der Waals surface area contributed by atoms with Gasteiger partial charge in [0.1, 0.15) is 23.1 Å². The lowest BCUT2D eigenvalue weighted by Crippen LogP contribution is -2.49. The molecule has 3 rings (SSSR count). The highest BCUT2D eigenvalue weighted by molar-refractivity contribution is 6.30. The molecular formula is C28H35BF3NO3. The molecule has 8 heteroatoms. The van der Waals surface area contributed by atoms with Crippen molar-refractivity contribution in [2.24, 2.45) is 0 Å². The van der Waals surface area contributed by atoms with Crippen molar-refractivity contribution in [3.05, 3.63) is 107 Å². The summed E-state index contributed by atoms with van der Waals surface area (Å²) in [7, 11) is 5.88. The van der Waals surface area contributed by atoms with Crippen molar-refractivity contribution in [3.8, 4) is 0 Å². The van der Waals surface area contributed by atoms with E-state index >= 15 is 8.78 Å². The normalized spacial score (nSPS) is 12.5. The molecule has 0 bridgehead atoms. The first-order valence-corrected chi connectivity index (χ1v) is 12.0. The molecule has 0 radical (unpaired) electrons. The van der Waals surface area contributed by atoms with Gasteiger partial charge in [-0.2, -0.15) is 0 Å². The second-order valence-corrected chi connectivity index (χ2v) is 10.0. The third-order valence-corrected chi connectivity index (χ3v) is 5.45. The van der Waals surface area contributed by atoms with Crippen LogP contribution in [-0.2, 0) is 10.3 Å². The maximum atomic E-state index is 15.2. The molecule has 0 saturated carbocycles. The fraction of sp³-hybridized carbons (Fsp3) is 0.357. The number of unbranched alkanes of at least 4 members (excludes halogenated alkanes) is 1. The summed E-state index contributed by atoms with van der Waals surface area (Å²) in [4.78, 5) is 0. The van der Waals surface area contributed by atoms with Gasteiger partial charge in [0, 0.05) is 17.0 Å². The van der Waals surface area contributed by atoms with E-state index in [2.05, 4.69) is 28.2 Å². The van der Waals surface area contributed by atoms with E-state index in [9.17, 15) is 14.4 Å². The zero-order valence-corrected chi connectivity index (χ0v) is 21.5. The van der Waals surface area contributed by atoms with Crippen molar-refractivity contribution in [2.45, 2.75) is 37.7 Å². The second-order valence-electron chi connectivity index (χ2n) is 10.0. The Morgan fingerprint density at radius 3 is 1.64 bits per heavy atom. The predicted molar refractivity (Wildman–Crippen MR) is 135 cm³/mol. The van der Waals surface area contributed by atoms with Gasteiger partial charge in [-0.15, -0.1) is 0 Å². The van der Waals surface area contributed by atoms with E-state index in [0.29, 0.717) is 6.42 Å². The molecule has 0 aromatic heterocycles. The zero-order chi connectivity index (χ0) is 26.9. The van der Waals surface area contributed by atoms with Crippen LogP contribution in [0.15, 0.2) is 72.8 Å². The van der Waals surface area contributed by atoms with Crippen molar-refractivity contribution in [2.75, 3.05) is 28.2 Å². The van der Waals surface area contributed by atoms with Gasteiger partial charge in [-0.1, -0.05) is 74.4 Å². The zero-order valence-electron chi connectivity index (χ0n) is 21.5. The van der Waals surface area contributed by atoms with Crippen LogP contribution >= 0.6 is 0 Å². The van der Waals surface area contributed by atoms with E-state index < -0.39 is 36.3 Å². The first-order chi connectivity index (χ1) is 16.9. The van der Waals surface area contributed by atoms with E-state index in [1.165, 1.54) is 54.6 Å². The number of nitrogens with zero attached hydrogens (tertiary/aromatic N) is 1. The fourth-order valence-electron chi connectivity index (χ4n) is 4.16. The molecule has 36 heavy (non-hydrogen) atoms. The van der Waals surface area contributed by atoms with E-state index in [0.717, 1.165) is 23.0 Å². The first-order valence-electron chi connectivity index (χ1n) is 12.0. The highest BCUT2D eigenvalue weighted by Gasteiger charge is 2.48. The van der Waals surface area contributed by atoms with Crippen LogP contribution in [0.4, 0.5) is 13.2 Å². The maximum absolute atomic E-state index is 15.2. The first kappa shape index (κ1) is 29.6. The molecule has 4 nitrogen and oxygen atoms in total. The Morgan fingerprint density at radius 2 is 1.25 bits per heavy atom. The van der Waals surface area contributed by atoms with Crippen LogP contribution in [0, 0.1) is 17.5 Å². The number of quaternary nitrogens is 1. The van der Waals surface area contributed by atoms with Gasteiger partial charge in [0.2, 0.25) is 0 Å². The Hall–Kier alpha value is -2.65. The van der Waals surface area contributed by atoms with Gasteiger partial charge in [-0.05, 0) is 30.2 Å². The van der Waals surface area contributed by atoms with E-state index in [1.54, 1.807) is 6.07 Å².